The van der Waals surface area contributed by atoms with E-state index in [1.54, 1.807) is 7.11 Å². The van der Waals surface area contributed by atoms with Gasteiger partial charge in [0.05, 0.1) is 14.2 Å². The Labute approximate surface area is 167 Å². The Morgan fingerprint density at radius 1 is 1.23 bits per heavy atom. The molecule has 0 saturated heterocycles. The van der Waals surface area contributed by atoms with Gasteiger partial charge in [-0.3, -0.25) is 4.79 Å². The fraction of sp³-hybridized carbons (Fsp3) is 0.227. The molecule has 0 amide bonds. The predicted molar refractivity (Wildman–Crippen MR) is 112 cm³/mol. The molecule has 3 nitrogen and oxygen atoms in total. The number of carbonyl (C=O) groups excluding carboxylic acids is 1. The lowest BCUT2D eigenvalue weighted by molar-refractivity contribution is -0.145. The summed E-state index contributed by atoms with van der Waals surface area (Å²) in [5.41, 5.74) is 3.14. The van der Waals surface area contributed by atoms with Crippen molar-refractivity contribution in [3.05, 3.63) is 81.5 Å². The third-order valence-electron chi connectivity index (χ3n) is 4.83. The molecule has 1 atom stereocenters. The summed E-state index contributed by atoms with van der Waals surface area (Å²) in [6.07, 6.45) is 5.23. The van der Waals surface area contributed by atoms with Gasteiger partial charge in [-0.1, -0.05) is 43.0 Å². The number of fused-ring (bicyclic) bond motifs is 1. The van der Waals surface area contributed by atoms with Crippen LogP contribution in [0.2, 0.25) is 0 Å². The second-order valence-electron chi connectivity index (χ2n) is 6.35. The number of esters is 1. The van der Waals surface area contributed by atoms with Crippen molar-refractivity contribution in [3.63, 3.8) is 0 Å². The normalized spacial score (nSPS) is 18.1. The van der Waals surface area contributed by atoms with Gasteiger partial charge in [-0.2, -0.15) is 0 Å². The topological polar surface area (TPSA) is 35.5 Å². The smallest absolute Gasteiger partial charge is 0.320 e. The van der Waals surface area contributed by atoms with E-state index < -0.39 is 5.41 Å². The molecule has 2 aromatic carbocycles. The van der Waals surface area contributed by atoms with Crippen LogP contribution in [0, 0.1) is 3.57 Å². The van der Waals surface area contributed by atoms with Gasteiger partial charge in [0.25, 0.3) is 0 Å². The molecule has 0 saturated carbocycles. The Bertz CT molecular complexity index is 885. The zero-order chi connectivity index (χ0) is 18.7. The minimum Gasteiger partial charge on any atom is -0.497 e. The van der Waals surface area contributed by atoms with E-state index in [2.05, 4.69) is 29.2 Å². The van der Waals surface area contributed by atoms with Crippen LogP contribution in [0.4, 0.5) is 0 Å². The summed E-state index contributed by atoms with van der Waals surface area (Å²) in [4.78, 5) is 12.9. The maximum absolute atomic E-state index is 12.9. The van der Waals surface area contributed by atoms with Gasteiger partial charge < -0.3 is 9.47 Å². The van der Waals surface area contributed by atoms with Gasteiger partial charge in [0.15, 0.2) is 0 Å². The van der Waals surface area contributed by atoms with Gasteiger partial charge in [-0.25, -0.2) is 0 Å². The van der Waals surface area contributed by atoms with Crippen LogP contribution < -0.4 is 4.74 Å². The van der Waals surface area contributed by atoms with Crippen molar-refractivity contribution in [1.82, 2.24) is 0 Å². The third kappa shape index (κ3) is 3.30. The molecule has 0 radical (unpaired) electrons. The highest BCUT2D eigenvalue weighted by Gasteiger charge is 2.42. The fourth-order valence-corrected chi connectivity index (χ4v) is 4.31. The van der Waals surface area contributed by atoms with Gasteiger partial charge in [-0.15, -0.1) is 0 Å². The minimum absolute atomic E-state index is 0.271. The van der Waals surface area contributed by atoms with E-state index in [0.29, 0.717) is 6.42 Å². The Hall–Kier alpha value is -2.08. The van der Waals surface area contributed by atoms with Crippen LogP contribution in [-0.2, 0) is 21.4 Å². The monoisotopic (exact) mass is 460 g/mol. The van der Waals surface area contributed by atoms with Gasteiger partial charge in [0.1, 0.15) is 11.2 Å². The highest BCUT2D eigenvalue weighted by molar-refractivity contribution is 14.1. The maximum Gasteiger partial charge on any atom is 0.320 e. The average Bonchev–Trinajstić information content (AvgIpc) is 2.67. The molecule has 0 fully saturated rings. The van der Waals surface area contributed by atoms with Crippen molar-refractivity contribution in [3.8, 4) is 5.75 Å². The Morgan fingerprint density at radius 3 is 2.69 bits per heavy atom. The first kappa shape index (κ1) is 18.7. The van der Waals surface area contributed by atoms with Crippen molar-refractivity contribution in [2.75, 3.05) is 14.2 Å². The van der Waals surface area contributed by atoms with E-state index in [4.69, 9.17) is 9.47 Å². The van der Waals surface area contributed by atoms with Crippen LogP contribution in [0.15, 0.2) is 61.2 Å². The lowest BCUT2D eigenvalue weighted by Gasteiger charge is -2.34. The summed E-state index contributed by atoms with van der Waals surface area (Å²) in [6, 6.07) is 13.9. The third-order valence-corrected chi connectivity index (χ3v) is 5.77. The average molecular weight is 460 g/mol. The van der Waals surface area contributed by atoms with Crippen LogP contribution in [0.3, 0.4) is 0 Å². The van der Waals surface area contributed by atoms with Crippen LogP contribution in [0.5, 0.6) is 5.75 Å². The molecule has 0 aliphatic heterocycles. The lowest BCUT2D eigenvalue weighted by Crippen LogP contribution is -2.38. The first-order valence-corrected chi connectivity index (χ1v) is 9.46. The molecule has 0 heterocycles. The highest BCUT2D eigenvalue weighted by atomic mass is 127. The SMILES string of the molecule is C=C(CC1(C(=O)OC)C=CCc2cc(OC)ccc21)c1ccccc1I. The Balaban J connectivity index is 2.08. The number of carbonyl (C=O) groups is 1. The van der Waals surface area contributed by atoms with E-state index in [1.165, 1.54) is 7.11 Å². The zero-order valence-electron chi connectivity index (χ0n) is 14.9. The molecule has 4 heteroatoms. The highest BCUT2D eigenvalue weighted by Crippen LogP contribution is 2.42. The molecule has 1 aliphatic carbocycles. The van der Waals surface area contributed by atoms with Crippen LogP contribution >= 0.6 is 22.6 Å². The van der Waals surface area contributed by atoms with Crippen molar-refractivity contribution < 1.29 is 14.3 Å². The summed E-state index contributed by atoms with van der Waals surface area (Å²) < 4.78 is 11.7. The summed E-state index contributed by atoms with van der Waals surface area (Å²) in [5, 5.41) is 0. The zero-order valence-corrected chi connectivity index (χ0v) is 17.1. The number of rotatable bonds is 5. The van der Waals surface area contributed by atoms with E-state index >= 15 is 0 Å². The predicted octanol–water partition coefficient (Wildman–Crippen LogP) is 4.93. The number of methoxy groups -OCH3 is 2. The number of hydrogen-bond acceptors (Lipinski definition) is 3. The van der Waals surface area contributed by atoms with Gasteiger partial charge in [-0.05, 0) is 75.9 Å². The molecule has 26 heavy (non-hydrogen) atoms. The molecular formula is C22H21IO3. The number of halogens is 1. The van der Waals surface area contributed by atoms with Gasteiger partial charge in [0.2, 0.25) is 0 Å². The lowest BCUT2D eigenvalue weighted by atomic mass is 9.70. The van der Waals surface area contributed by atoms with E-state index in [1.807, 2.05) is 54.6 Å². The van der Waals surface area contributed by atoms with Crippen molar-refractivity contribution in [1.29, 1.82) is 0 Å². The van der Waals surface area contributed by atoms with Crippen LogP contribution in [-0.4, -0.2) is 20.2 Å². The number of hydrogen-bond donors (Lipinski definition) is 0. The number of benzene rings is 2. The van der Waals surface area contributed by atoms with Crippen LogP contribution in [0.25, 0.3) is 5.57 Å². The molecule has 0 spiro atoms. The van der Waals surface area contributed by atoms with Gasteiger partial charge >= 0.3 is 5.97 Å². The number of ether oxygens (including phenoxy) is 2. The van der Waals surface area contributed by atoms with Crippen molar-refractivity contribution in [2.24, 2.45) is 0 Å². The molecular weight excluding hydrogens is 439 g/mol. The minimum atomic E-state index is -0.870. The van der Waals surface area contributed by atoms with Crippen molar-refractivity contribution in [2.45, 2.75) is 18.3 Å². The second-order valence-corrected chi connectivity index (χ2v) is 7.51. The van der Waals surface area contributed by atoms with E-state index in [-0.39, 0.29) is 5.97 Å². The largest absolute Gasteiger partial charge is 0.497 e. The number of allylic oxidation sites excluding steroid dienone is 2. The Kier molecular flexibility index (Phi) is 5.51. The van der Waals surface area contributed by atoms with E-state index in [9.17, 15) is 4.79 Å². The van der Waals surface area contributed by atoms with E-state index in [0.717, 1.165) is 38.0 Å². The first-order valence-electron chi connectivity index (χ1n) is 8.38. The first-order chi connectivity index (χ1) is 12.5. The molecule has 0 N–H and O–H groups in total. The summed E-state index contributed by atoms with van der Waals surface area (Å²) >= 11 is 2.30. The van der Waals surface area contributed by atoms with Crippen LogP contribution in [0.1, 0.15) is 23.1 Å². The summed E-state index contributed by atoms with van der Waals surface area (Å²) in [6.45, 7) is 4.28. The molecule has 3 rings (SSSR count). The van der Waals surface area contributed by atoms with Crippen molar-refractivity contribution >= 4 is 34.1 Å². The molecule has 1 unspecified atom stereocenters. The molecule has 1 aliphatic rings. The maximum atomic E-state index is 12.9. The molecule has 2 aromatic rings. The molecule has 0 aromatic heterocycles. The molecule has 0 bridgehead atoms. The quantitative estimate of drug-likeness (QED) is 0.361. The second kappa shape index (κ2) is 7.66. The fourth-order valence-electron chi connectivity index (χ4n) is 3.54. The summed E-state index contributed by atoms with van der Waals surface area (Å²) in [5.74, 6) is 0.515. The summed E-state index contributed by atoms with van der Waals surface area (Å²) in [7, 11) is 3.08. The Morgan fingerprint density at radius 2 is 2.00 bits per heavy atom. The van der Waals surface area contributed by atoms with Gasteiger partial charge in [0, 0.05) is 3.57 Å². The molecule has 134 valence electrons. The standard InChI is InChI=1S/C22H21IO3/c1-15(18-8-4-5-9-20(18)23)14-22(21(24)26-3)12-6-7-16-13-17(25-2)10-11-19(16)22/h4-6,8-13H,1,7,14H2,2-3H3.